The summed E-state index contributed by atoms with van der Waals surface area (Å²) in [5, 5.41) is 44.8. The number of hydrogen-bond acceptors (Lipinski definition) is 8. The molecule has 0 fully saturated rings. The van der Waals surface area contributed by atoms with Crippen LogP contribution < -0.4 is 0 Å². The van der Waals surface area contributed by atoms with E-state index in [0.717, 1.165) is 6.92 Å². The Morgan fingerprint density at radius 2 is 1.59 bits per heavy atom. The van der Waals surface area contributed by atoms with Gasteiger partial charge in [-0.15, -0.1) is 0 Å². The summed E-state index contributed by atoms with van der Waals surface area (Å²) in [4.78, 5) is 21.3. The van der Waals surface area contributed by atoms with Crippen molar-refractivity contribution in [2.75, 3.05) is 6.61 Å². The molecule has 5 N–H and O–H groups in total. The van der Waals surface area contributed by atoms with Gasteiger partial charge in [0.05, 0.1) is 6.61 Å². The quantitative estimate of drug-likeness (QED) is 0.200. The van der Waals surface area contributed by atoms with E-state index < -0.39 is 43.0 Å². The van der Waals surface area contributed by atoms with Crippen molar-refractivity contribution in [2.45, 2.75) is 31.3 Å². The van der Waals surface area contributed by atoms with E-state index in [1.165, 1.54) is 0 Å². The van der Waals surface area contributed by atoms with Crippen molar-refractivity contribution in [3.63, 3.8) is 0 Å². The molecule has 0 aliphatic rings. The third-order valence-electron chi connectivity index (χ3n) is 1.74. The summed E-state index contributed by atoms with van der Waals surface area (Å²) in [5.41, 5.74) is 0. The molecule has 9 heteroatoms. The standard InChI is InChI=1S/C8H14O8.Ni/c1-3(10)16-8(15)7(14)6(13)5(12)4(11)2-9;/h4-7,9,11-14H,2H2,1H3;/t4-,5-,6+,7-;/m1./s1. The number of hydrogen-bond donors (Lipinski definition) is 5. The predicted molar refractivity (Wildman–Crippen MR) is 47.9 cm³/mol. The molecule has 4 atom stereocenters. The molecule has 104 valence electrons. The first kappa shape index (κ1) is 18.8. The van der Waals surface area contributed by atoms with Gasteiger partial charge in [-0.05, 0) is 0 Å². The summed E-state index contributed by atoms with van der Waals surface area (Å²) in [6, 6.07) is 0. The maximum Gasteiger partial charge on any atom is 0.345 e. The SMILES string of the molecule is CC(=O)OC(=O)[C@H](O)[C@@H](O)[C@H](O)[C@H](O)CO.[Ni]. The number of ether oxygens (including phenoxy) is 1. The molecule has 0 amide bonds. The molecular weight excluding hydrogens is 283 g/mol. The van der Waals surface area contributed by atoms with E-state index in [4.69, 9.17) is 20.4 Å². The monoisotopic (exact) mass is 296 g/mol. The smallest absolute Gasteiger partial charge is 0.345 e. The second-order valence-electron chi connectivity index (χ2n) is 3.09. The molecule has 17 heavy (non-hydrogen) atoms. The molecule has 0 saturated heterocycles. The van der Waals surface area contributed by atoms with E-state index in [9.17, 15) is 14.7 Å². The van der Waals surface area contributed by atoms with Gasteiger partial charge in [-0.25, -0.2) is 4.79 Å². The fourth-order valence-electron chi connectivity index (χ4n) is 0.864. The molecule has 0 unspecified atom stereocenters. The van der Waals surface area contributed by atoms with Crippen LogP contribution in [-0.2, 0) is 30.8 Å². The van der Waals surface area contributed by atoms with E-state index in [1.54, 1.807) is 0 Å². The van der Waals surface area contributed by atoms with Gasteiger partial charge in [0.1, 0.15) is 18.3 Å². The fraction of sp³-hybridized carbons (Fsp3) is 0.750. The Labute approximate surface area is 107 Å². The zero-order chi connectivity index (χ0) is 12.9. The molecule has 0 saturated carbocycles. The number of aliphatic hydroxyl groups excluding tert-OH is 5. The summed E-state index contributed by atoms with van der Waals surface area (Å²) in [6.07, 6.45) is -7.94. The Bertz CT molecular complexity index is 258. The maximum atomic E-state index is 10.9. The normalized spacial score (nSPS) is 17.3. The minimum absolute atomic E-state index is 0. The van der Waals surface area contributed by atoms with Crippen LogP contribution in [-0.4, -0.2) is 68.5 Å². The van der Waals surface area contributed by atoms with Crippen molar-refractivity contribution in [3.05, 3.63) is 0 Å². The number of carbonyl (C=O) groups excluding carboxylic acids is 2. The van der Waals surface area contributed by atoms with E-state index >= 15 is 0 Å². The second kappa shape index (κ2) is 8.51. The Kier molecular flexibility index (Phi) is 9.41. The zero-order valence-electron chi connectivity index (χ0n) is 8.79. The zero-order valence-corrected chi connectivity index (χ0v) is 9.78. The molecule has 0 aromatic carbocycles. The Balaban J connectivity index is 0. The van der Waals surface area contributed by atoms with E-state index in [1.807, 2.05) is 0 Å². The molecular formula is C8H14NiO8. The average Bonchev–Trinajstić information content (AvgIpc) is 2.23. The molecule has 0 rings (SSSR count). The van der Waals surface area contributed by atoms with Crippen molar-refractivity contribution in [2.24, 2.45) is 0 Å². The molecule has 0 heterocycles. The Morgan fingerprint density at radius 1 is 1.12 bits per heavy atom. The van der Waals surface area contributed by atoms with E-state index in [-0.39, 0.29) is 16.5 Å². The molecule has 0 bridgehead atoms. The van der Waals surface area contributed by atoms with Gasteiger partial charge in [0.15, 0.2) is 6.10 Å². The van der Waals surface area contributed by atoms with Crippen LogP contribution in [0.1, 0.15) is 6.92 Å². The average molecular weight is 297 g/mol. The Morgan fingerprint density at radius 3 is 1.94 bits per heavy atom. The molecule has 0 spiro atoms. The largest absolute Gasteiger partial charge is 0.394 e. The van der Waals surface area contributed by atoms with Crippen LogP contribution in [0, 0.1) is 0 Å². The molecule has 0 aliphatic heterocycles. The number of rotatable bonds is 5. The van der Waals surface area contributed by atoms with Crippen LogP contribution >= 0.6 is 0 Å². The minimum Gasteiger partial charge on any atom is -0.394 e. The molecule has 0 aliphatic carbocycles. The van der Waals surface area contributed by atoms with Gasteiger partial charge < -0.3 is 30.3 Å². The van der Waals surface area contributed by atoms with Crippen LogP contribution in [0.15, 0.2) is 0 Å². The van der Waals surface area contributed by atoms with Crippen molar-refractivity contribution in [1.29, 1.82) is 0 Å². The number of carbonyl (C=O) groups is 2. The second-order valence-corrected chi connectivity index (χ2v) is 3.09. The van der Waals surface area contributed by atoms with Crippen LogP contribution in [0.3, 0.4) is 0 Å². The van der Waals surface area contributed by atoms with Gasteiger partial charge >= 0.3 is 11.9 Å². The van der Waals surface area contributed by atoms with Gasteiger partial charge in [0.2, 0.25) is 0 Å². The summed E-state index contributed by atoms with van der Waals surface area (Å²) in [5.74, 6) is -2.45. The number of esters is 2. The number of aliphatic hydroxyl groups is 5. The van der Waals surface area contributed by atoms with Crippen LogP contribution in [0.4, 0.5) is 0 Å². The topological polar surface area (TPSA) is 145 Å². The molecule has 0 aromatic rings. The van der Waals surface area contributed by atoms with Gasteiger partial charge in [-0.3, -0.25) is 4.79 Å². The Hall–Kier alpha value is -0.566. The van der Waals surface area contributed by atoms with Crippen LogP contribution in [0.5, 0.6) is 0 Å². The third-order valence-corrected chi connectivity index (χ3v) is 1.74. The van der Waals surface area contributed by atoms with E-state index in [0.29, 0.717) is 0 Å². The first-order valence-electron chi connectivity index (χ1n) is 4.36. The molecule has 0 radical (unpaired) electrons. The van der Waals surface area contributed by atoms with Crippen molar-refractivity contribution in [1.82, 2.24) is 0 Å². The minimum atomic E-state index is -2.19. The van der Waals surface area contributed by atoms with Crippen molar-refractivity contribution < 1.29 is 56.3 Å². The summed E-state index contributed by atoms with van der Waals surface area (Å²) in [7, 11) is 0. The first-order chi connectivity index (χ1) is 7.31. The van der Waals surface area contributed by atoms with Crippen molar-refractivity contribution >= 4 is 11.9 Å². The van der Waals surface area contributed by atoms with Gasteiger partial charge in [0, 0.05) is 23.4 Å². The van der Waals surface area contributed by atoms with Crippen LogP contribution in [0.25, 0.3) is 0 Å². The van der Waals surface area contributed by atoms with Gasteiger partial charge in [-0.1, -0.05) is 0 Å². The third kappa shape index (κ3) is 6.06. The summed E-state index contributed by atoms with van der Waals surface area (Å²) >= 11 is 0. The summed E-state index contributed by atoms with van der Waals surface area (Å²) in [6.45, 7) is 0.0443. The maximum absolute atomic E-state index is 10.9. The van der Waals surface area contributed by atoms with Gasteiger partial charge in [0.25, 0.3) is 0 Å². The first-order valence-corrected chi connectivity index (χ1v) is 4.36. The van der Waals surface area contributed by atoms with Gasteiger partial charge in [-0.2, -0.15) is 0 Å². The van der Waals surface area contributed by atoms with Crippen molar-refractivity contribution in [3.8, 4) is 0 Å². The molecule has 0 aromatic heterocycles. The predicted octanol–water partition coefficient (Wildman–Crippen LogP) is -3.49. The van der Waals surface area contributed by atoms with Crippen LogP contribution in [0.2, 0.25) is 0 Å². The fourth-order valence-corrected chi connectivity index (χ4v) is 0.864. The molecule has 8 nitrogen and oxygen atoms in total. The van der Waals surface area contributed by atoms with E-state index in [2.05, 4.69) is 4.74 Å². The summed E-state index contributed by atoms with van der Waals surface area (Å²) < 4.78 is 3.95.